The van der Waals surface area contributed by atoms with Crippen LogP contribution in [-0.4, -0.2) is 53.4 Å². The third kappa shape index (κ3) is 4.28. The van der Waals surface area contributed by atoms with Crippen molar-refractivity contribution in [3.05, 3.63) is 45.7 Å². The van der Waals surface area contributed by atoms with E-state index in [0.29, 0.717) is 18.4 Å². The molecule has 0 aliphatic carbocycles. The Morgan fingerprint density at radius 2 is 1.92 bits per heavy atom. The van der Waals surface area contributed by atoms with Crippen LogP contribution in [0.4, 0.5) is 0 Å². The summed E-state index contributed by atoms with van der Waals surface area (Å²) in [4.78, 5) is 32.0. The normalized spacial score (nSPS) is 15.7. The van der Waals surface area contributed by atoms with E-state index in [4.69, 9.17) is 0 Å². The van der Waals surface area contributed by atoms with E-state index in [1.807, 2.05) is 36.1 Å². The molecule has 2 aromatic rings. The number of piperazine rings is 1. The van der Waals surface area contributed by atoms with Crippen LogP contribution in [0.2, 0.25) is 0 Å². The molecular weight excluding hydrogens is 314 g/mol. The molecule has 1 amide bonds. The molecule has 0 saturated carbocycles. The number of hydrogen-bond acceptors (Lipinski definition) is 3. The number of amides is 1. The number of aromatic nitrogens is 1. The van der Waals surface area contributed by atoms with Gasteiger partial charge in [0, 0.05) is 43.7 Å². The van der Waals surface area contributed by atoms with Gasteiger partial charge in [0.1, 0.15) is 0 Å². The zero-order chi connectivity index (χ0) is 17.8. The molecule has 0 atom stereocenters. The zero-order valence-electron chi connectivity index (χ0n) is 15.2. The molecule has 1 fully saturated rings. The van der Waals surface area contributed by atoms with Crippen LogP contribution < -0.4 is 5.56 Å². The molecule has 1 saturated heterocycles. The summed E-state index contributed by atoms with van der Waals surface area (Å²) in [6.45, 7) is 8.79. The minimum Gasteiger partial charge on any atom is -0.340 e. The van der Waals surface area contributed by atoms with Crippen molar-refractivity contribution in [2.45, 2.75) is 33.1 Å². The molecule has 134 valence electrons. The molecule has 5 nitrogen and oxygen atoms in total. The lowest BCUT2D eigenvalue weighted by Gasteiger charge is -2.34. The number of benzene rings is 1. The van der Waals surface area contributed by atoms with Crippen LogP contribution in [0.3, 0.4) is 0 Å². The van der Waals surface area contributed by atoms with Gasteiger partial charge in [0.25, 0.3) is 5.56 Å². The van der Waals surface area contributed by atoms with E-state index in [1.165, 1.54) is 0 Å². The highest BCUT2D eigenvalue weighted by Crippen LogP contribution is 2.14. The molecule has 1 aliphatic rings. The molecule has 1 aromatic carbocycles. The van der Waals surface area contributed by atoms with Gasteiger partial charge in [-0.3, -0.25) is 14.5 Å². The number of carbonyl (C=O) groups is 1. The van der Waals surface area contributed by atoms with Gasteiger partial charge in [-0.25, -0.2) is 0 Å². The topological polar surface area (TPSA) is 56.4 Å². The van der Waals surface area contributed by atoms with Gasteiger partial charge in [0.15, 0.2) is 0 Å². The Hall–Kier alpha value is -2.14. The molecule has 25 heavy (non-hydrogen) atoms. The largest absolute Gasteiger partial charge is 0.340 e. The monoisotopic (exact) mass is 341 g/mol. The Balaban J connectivity index is 1.61. The number of fused-ring (bicyclic) bond motifs is 1. The smallest absolute Gasteiger partial charge is 0.251 e. The summed E-state index contributed by atoms with van der Waals surface area (Å²) in [7, 11) is 0. The molecule has 5 heteroatoms. The number of aromatic amines is 1. The van der Waals surface area contributed by atoms with Crippen molar-refractivity contribution in [1.29, 1.82) is 0 Å². The van der Waals surface area contributed by atoms with Crippen molar-refractivity contribution in [2.24, 2.45) is 0 Å². The van der Waals surface area contributed by atoms with Gasteiger partial charge in [-0.05, 0) is 49.4 Å². The number of nitrogens with one attached hydrogen (secondary N) is 1. The molecule has 2 heterocycles. The predicted molar refractivity (Wildman–Crippen MR) is 101 cm³/mol. The van der Waals surface area contributed by atoms with Crippen LogP contribution in [0.1, 0.15) is 30.9 Å². The number of carbonyl (C=O) groups excluding carboxylic acids is 1. The molecule has 3 rings (SSSR count). The maximum Gasteiger partial charge on any atom is 0.251 e. The lowest BCUT2D eigenvalue weighted by atomic mass is 10.1. The summed E-state index contributed by atoms with van der Waals surface area (Å²) in [6.07, 6.45) is 2.04. The fourth-order valence-corrected chi connectivity index (χ4v) is 3.48. The summed E-state index contributed by atoms with van der Waals surface area (Å²) in [5, 5.41) is 1.01. The summed E-state index contributed by atoms with van der Waals surface area (Å²) in [6, 6.07) is 7.94. The van der Waals surface area contributed by atoms with Crippen LogP contribution in [0.5, 0.6) is 0 Å². The number of aryl methyl sites for hydroxylation is 2. The van der Waals surface area contributed by atoms with Crippen LogP contribution in [0.15, 0.2) is 29.1 Å². The lowest BCUT2D eigenvalue weighted by molar-refractivity contribution is -0.132. The highest BCUT2D eigenvalue weighted by Gasteiger charge is 2.20. The Morgan fingerprint density at radius 3 is 2.64 bits per heavy atom. The van der Waals surface area contributed by atoms with Gasteiger partial charge < -0.3 is 9.88 Å². The molecule has 1 aromatic heterocycles. The second-order valence-electron chi connectivity index (χ2n) is 6.94. The van der Waals surface area contributed by atoms with Gasteiger partial charge >= 0.3 is 0 Å². The van der Waals surface area contributed by atoms with Crippen LogP contribution in [0.25, 0.3) is 10.9 Å². The number of nitrogens with zero attached hydrogens (tertiary/aromatic N) is 2. The second kappa shape index (κ2) is 7.83. The third-order valence-corrected chi connectivity index (χ3v) is 4.95. The van der Waals surface area contributed by atoms with Crippen molar-refractivity contribution in [2.75, 3.05) is 32.7 Å². The molecule has 1 aliphatic heterocycles. The first-order valence-corrected chi connectivity index (χ1v) is 9.19. The maximum atomic E-state index is 12.5. The van der Waals surface area contributed by atoms with Gasteiger partial charge in [-0.1, -0.05) is 19.1 Å². The van der Waals surface area contributed by atoms with E-state index < -0.39 is 0 Å². The van der Waals surface area contributed by atoms with E-state index in [-0.39, 0.29) is 11.5 Å². The second-order valence-corrected chi connectivity index (χ2v) is 6.94. The molecule has 0 unspecified atom stereocenters. The Labute approximate surface area is 148 Å². The first-order chi connectivity index (χ1) is 12.1. The number of rotatable bonds is 5. The SMILES string of the molecule is CCCN1CCN(C(=O)CCc2cc3ccc(C)cc3[nH]c2=O)CC1. The first kappa shape index (κ1) is 17.7. The fourth-order valence-electron chi connectivity index (χ4n) is 3.48. The Bertz CT molecular complexity index is 804. The molecule has 0 bridgehead atoms. The fraction of sp³-hybridized carbons (Fsp3) is 0.500. The number of hydrogen-bond donors (Lipinski definition) is 1. The number of pyridine rings is 1. The van der Waals surface area contributed by atoms with Crippen LogP contribution in [0, 0.1) is 6.92 Å². The standard InChI is InChI=1S/C20H27N3O2/c1-3-8-22-9-11-23(12-10-22)19(24)7-6-17-14-16-5-4-15(2)13-18(16)21-20(17)25/h4-5,13-14H,3,6-12H2,1-2H3,(H,21,25). The average Bonchev–Trinajstić information content (AvgIpc) is 2.60. The van der Waals surface area contributed by atoms with Crippen molar-refractivity contribution in [1.82, 2.24) is 14.8 Å². The predicted octanol–water partition coefficient (Wildman–Crippen LogP) is 2.32. The summed E-state index contributed by atoms with van der Waals surface area (Å²) >= 11 is 0. The van der Waals surface area contributed by atoms with Crippen molar-refractivity contribution in [3.63, 3.8) is 0 Å². The van der Waals surface area contributed by atoms with Crippen molar-refractivity contribution < 1.29 is 4.79 Å². The van der Waals surface area contributed by atoms with E-state index in [1.54, 1.807) is 0 Å². The van der Waals surface area contributed by atoms with Gasteiger partial charge in [0.05, 0.1) is 0 Å². The van der Waals surface area contributed by atoms with E-state index >= 15 is 0 Å². The minimum atomic E-state index is -0.0846. The summed E-state index contributed by atoms with van der Waals surface area (Å²) < 4.78 is 0. The van der Waals surface area contributed by atoms with E-state index in [0.717, 1.165) is 55.6 Å². The lowest BCUT2D eigenvalue weighted by Crippen LogP contribution is -2.48. The summed E-state index contributed by atoms with van der Waals surface area (Å²) in [5.41, 5.74) is 2.58. The highest BCUT2D eigenvalue weighted by molar-refractivity contribution is 5.80. The van der Waals surface area contributed by atoms with Crippen LogP contribution in [-0.2, 0) is 11.2 Å². The Kier molecular flexibility index (Phi) is 5.53. The van der Waals surface area contributed by atoms with Gasteiger partial charge in [0.2, 0.25) is 5.91 Å². The van der Waals surface area contributed by atoms with Crippen molar-refractivity contribution in [3.8, 4) is 0 Å². The minimum absolute atomic E-state index is 0.0846. The summed E-state index contributed by atoms with van der Waals surface area (Å²) in [5.74, 6) is 0.152. The maximum absolute atomic E-state index is 12.5. The quantitative estimate of drug-likeness (QED) is 0.908. The molecule has 1 N–H and O–H groups in total. The van der Waals surface area contributed by atoms with Crippen LogP contribution >= 0.6 is 0 Å². The zero-order valence-corrected chi connectivity index (χ0v) is 15.2. The molecular formula is C20H27N3O2. The number of H-pyrrole nitrogens is 1. The van der Waals surface area contributed by atoms with Gasteiger partial charge in [-0.2, -0.15) is 0 Å². The molecule has 0 radical (unpaired) electrons. The average molecular weight is 341 g/mol. The van der Waals surface area contributed by atoms with Gasteiger partial charge in [-0.15, -0.1) is 0 Å². The third-order valence-electron chi connectivity index (χ3n) is 4.95. The first-order valence-electron chi connectivity index (χ1n) is 9.19. The highest BCUT2D eigenvalue weighted by atomic mass is 16.2. The molecule has 0 spiro atoms. The Morgan fingerprint density at radius 1 is 1.16 bits per heavy atom. The van der Waals surface area contributed by atoms with E-state index in [9.17, 15) is 9.59 Å². The van der Waals surface area contributed by atoms with Crippen molar-refractivity contribution >= 4 is 16.8 Å². The van der Waals surface area contributed by atoms with E-state index in [2.05, 4.69) is 16.8 Å².